The first-order valence-corrected chi connectivity index (χ1v) is 10.0. The molecule has 0 fully saturated rings. The fourth-order valence-electron chi connectivity index (χ4n) is 2.89. The minimum Gasteiger partial charge on any atom is -0.490 e. The van der Waals surface area contributed by atoms with Gasteiger partial charge < -0.3 is 14.8 Å². The van der Waals surface area contributed by atoms with Crippen LogP contribution in [0.1, 0.15) is 23.6 Å². The molecule has 0 radical (unpaired) electrons. The van der Waals surface area contributed by atoms with Crippen LogP contribution in [0.25, 0.3) is 0 Å². The number of hydrogen-bond acceptors (Lipinski definition) is 3. The van der Waals surface area contributed by atoms with Gasteiger partial charge in [0.1, 0.15) is 12.4 Å². The van der Waals surface area contributed by atoms with E-state index < -0.39 is 0 Å². The van der Waals surface area contributed by atoms with E-state index in [4.69, 9.17) is 32.7 Å². The Morgan fingerprint density at radius 2 is 1.79 bits per heavy atom. The van der Waals surface area contributed by atoms with Crippen LogP contribution in [-0.4, -0.2) is 6.61 Å². The predicted molar refractivity (Wildman–Crippen MR) is 117 cm³/mol. The van der Waals surface area contributed by atoms with E-state index in [1.54, 1.807) is 12.1 Å². The summed E-state index contributed by atoms with van der Waals surface area (Å²) in [6.07, 6.45) is 0. The van der Waals surface area contributed by atoms with Crippen molar-refractivity contribution in [2.75, 3.05) is 11.9 Å². The van der Waals surface area contributed by atoms with Crippen LogP contribution in [0.5, 0.6) is 11.5 Å². The van der Waals surface area contributed by atoms with Gasteiger partial charge in [-0.1, -0.05) is 41.4 Å². The Labute approximate surface area is 180 Å². The van der Waals surface area contributed by atoms with E-state index in [0.717, 1.165) is 16.8 Å². The highest BCUT2D eigenvalue weighted by atomic mass is 35.5. The molecule has 0 aliphatic carbocycles. The largest absolute Gasteiger partial charge is 0.490 e. The summed E-state index contributed by atoms with van der Waals surface area (Å²) in [4.78, 5) is 0. The quantitative estimate of drug-likeness (QED) is 0.413. The fourth-order valence-corrected chi connectivity index (χ4v) is 3.35. The van der Waals surface area contributed by atoms with Gasteiger partial charge in [-0.3, -0.25) is 0 Å². The zero-order chi connectivity index (χ0) is 20.8. The van der Waals surface area contributed by atoms with Crippen LogP contribution >= 0.6 is 23.2 Å². The number of rotatable bonds is 8. The first kappa shape index (κ1) is 21.3. The van der Waals surface area contributed by atoms with Crippen molar-refractivity contribution >= 4 is 28.9 Å². The highest BCUT2D eigenvalue weighted by Gasteiger charge is 2.13. The molecular formula is C23H22Cl2FNO2. The maximum Gasteiger partial charge on any atom is 0.180 e. The Morgan fingerprint density at radius 1 is 0.966 bits per heavy atom. The van der Waals surface area contributed by atoms with Gasteiger partial charge in [0.15, 0.2) is 11.5 Å². The minimum atomic E-state index is -0.306. The van der Waals surface area contributed by atoms with Crippen molar-refractivity contribution < 1.29 is 13.9 Å². The van der Waals surface area contributed by atoms with Crippen molar-refractivity contribution in [3.05, 3.63) is 87.2 Å². The number of hydrogen-bond donors (Lipinski definition) is 1. The number of aryl methyl sites for hydroxylation is 1. The summed E-state index contributed by atoms with van der Waals surface area (Å²) in [5.74, 6) is 0.691. The van der Waals surface area contributed by atoms with Crippen LogP contribution in [0.3, 0.4) is 0 Å². The van der Waals surface area contributed by atoms with Crippen molar-refractivity contribution in [3.8, 4) is 11.5 Å². The third kappa shape index (κ3) is 5.78. The highest BCUT2D eigenvalue weighted by Crippen LogP contribution is 2.37. The molecule has 3 nitrogen and oxygen atoms in total. The monoisotopic (exact) mass is 433 g/mol. The van der Waals surface area contributed by atoms with Crippen molar-refractivity contribution in [2.45, 2.75) is 27.0 Å². The summed E-state index contributed by atoms with van der Waals surface area (Å²) in [7, 11) is 0. The van der Waals surface area contributed by atoms with Gasteiger partial charge in [-0.25, -0.2) is 4.39 Å². The van der Waals surface area contributed by atoms with E-state index in [1.807, 2.05) is 44.2 Å². The van der Waals surface area contributed by atoms with Crippen molar-refractivity contribution in [2.24, 2.45) is 0 Å². The number of ether oxygens (including phenoxy) is 2. The number of benzene rings is 3. The van der Waals surface area contributed by atoms with E-state index >= 15 is 0 Å². The van der Waals surface area contributed by atoms with Crippen LogP contribution in [0.2, 0.25) is 10.0 Å². The maximum absolute atomic E-state index is 13.4. The molecule has 0 aliphatic rings. The summed E-state index contributed by atoms with van der Waals surface area (Å²) in [6.45, 7) is 5.12. The summed E-state index contributed by atoms with van der Waals surface area (Å²) >= 11 is 12.6. The average Bonchev–Trinajstić information content (AvgIpc) is 2.68. The minimum absolute atomic E-state index is 0.191. The zero-order valence-corrected chi connectivity index (χ0v) is 17.8. The van der Waals surface area contributed by atoms with Gasteiger partial charge in [0.25, 0.3) is 0 Å². The molecule has 3 aromatic carbocycles. The second-order valence-corrected chi connectivity index (χ2v) is 7.41. The lowest BCUT2D eigenvalue weighted by molar-refractivity contribution is 0.269. The van der Waals surface area contributed by atoms with Gasteiger partial charge in [-0.15, -0.1) is 0 Å². The van der Waals surface area contributed by atoms with E-state index in [2.05, 4.69) is 5.32 Å². The summed E-state index contributed by atoms with van der Waals surface area (Å²) in [5.41, 5.74) is 3.71. The molecule has 0 atom stereocenters. The molecule has 3 rings (SSSR count). The molecule has 29 heavy (non-hydrogen) atoms. The van der Waals surface area contributed by atoms with Gasteiger partial charge in [0, 0.05) is 17.3 Å². The van der Waals surface area contributed by atoms with E-state index in [1.165, 1.54) is 12.1 Å². The van der Waals surface area contributed by atoms with Gasteiger partial charge in [-0.2, -0.15) is 0 Å². The van der Waals surface area contributed by atoms with E-state index in [-0.39, 0.29) is 12.4 Å². The molecule has 0 saturated heterocycles. The molecule has 0 bridgehead atoms. The molecule has 0 unspecified atom stereocenters. The SMILES string of the molecule is CCOc1cc(CNc2cc(Cl)ccc2C)cc(Cl)c1OCc1cccc(F)c1. The molecule has 0 heterocycles. The predicted octanol–water partition coefficient (Wildman–Crippen LogP) is 7.03. The third-order valence-electron chi connectivity index (χ3n) is 4.32. The Bertz CT molecular complexity index is 995. The third-order valence-corrected chi connectivity index (χ3v) is 4.84. The van der Waals surface area contributed by atoms with Gasteiger partial charge in [0.05, 0.1) is 11.6 Å². The van der Waals surface area contributed by atoms with Crippen LogP contribution < -0.4 is 14.8 Å². The van der Waals surface area contributed by atoms with Crippen LogP contribution in [0, 0.1) is 12.7 Å². The maximum atomic E-state index is 13.4. The second-order valence-electron chi connectivity index (χ2n) is 6.57. The molecule has 0 aromatic heterocycles. The zero-order valence-electron chi connectivity index (χ0n) is 16.3. The molecule has 0 amide bonds. The van der Waals surface area contributed by atoms with E-state index in [0.29, 0.717) is 40.3 Å². The number of anilines is 1. The van der Waals surface area contributed by atoms with Crippen molar-refractivity contribution in [1.29, 1.82) is 0 Å². The molecular weight excluding hydrogens is 412 g/mol. The first-order valence-electron chi connectivity index (χ1n) is 9.28. The molecule has 0 spiro atoms. The second kappa shape index (κ2) is 9.86. The smallest absolute Gasteiger partial charge is 0.180 e. The lowest BCUT2D eigenvalue weighted by Gasteiger charge is -2.16. The van der Waals surface area contributed by atoms with Crippen molar-refractivity contribution in [3.63, 3.8) is 0 Å². The molecule has 6 heteroatoms. The van der Waals surface area contributed by atoms with E-state index in [9.17, 15) is 4.39 Å². The number of halogens is 3. The van der Waals surface area contributed by atoms with Crippen LogP contribution in [-0.2, 0) is 13.2 Å². The van der Waals surface area contributed by atoms with Crippen molar-refractivity contribution in [1.82, 2.24) is 0 Å². The van der Waals surface area contributed by atoms with Gasteiger partial charge in [-0.05, 0) is 66.9 Å². The topological polar surface area (TPSA) is 30.5 Å². The lowest BCUT2D eigenvalue weighted by Crippen LogP contribution is -2.04. The van der Waals surface area contributed by atoms with Crippen LogP contribution in [0.15, 0.2) is 54.6 Å². The Balaban J connectivity index is 1.77. The Morgan fingerprint density at radius 3 is 2.55 bits per heavy atom. The molecule has 0 aliphatic heterocycles. The summed E-state index contributed by atoms with van der Waals surface area (Å²) in [6, 6.07) is 15.7. The number of nitrogens with one attached hydrogen (secondary N) is 1. The first-order chi connectivity index (χ1) is 14.0. The fraction of sp³-hybridized carbons (Fsp3) is 0.217. The highest BCUT2D eigenvalue weighted by molar-refractivity contribution is 6.32. The lowest BCUT2D eigenvalue weighted by atomic mass is 10.1. The summed E-state index contributed by atoms with van der Waals surface area (Å²) in [5, 5.41) is 4.48. The van der Waals surface area contributed by atoms with Crippen LogP contribution in [0.4, 0.5) is 10.1 Å². The molecule has 3 aromatic rings. The molecule has 0 saturated carbocycles. The molecule has 1 N–H and O–H groups in total. The normalized spacial score (nSPS) is 10.7. The standard InChI is InChI=1S/C23H22Cl2FNO2/c1-3-28-22-11-17(13-27-21-12-18(24)8-7-15(21)2)10-20(25)23(22)29-14-16-5-4-6-19(26)9-16/h4-12,27H,3,13-14H2,1-2H3. The summed E-state index contributed by atoms with van der Waals surface area (Å²) < 4.78 is 25.0. The average molecular weight is 434 g/mol. The Hall–Kier alpha value is -2.43. The Kier molecular flexibility index (Phi) is 7.24. The van der Waals surface area contributed by atoms with Gasteiger partial charge >= 0.3 is 0 Å². The molecule has 152 valence electrons. The van der Waals surface area contributed by atoms with Gasteiger partial charge in [0.2, 0.25) is 0 Å².